The third-order valence-electron chi connectivity index (χ3n) is 5.94. The smallest absolute Gasteiger partial charge is 0.0953 e. The van der Waals surface area contributed by atoms with Crippen LogP contribution < -0.4 is 0 Å². The average molecular weight is 354 g/mol. The Morgan fingerprint density at radius 2 is 1.21 bits per heavy atom. The Morgan fingerprint density at radius 1 is 0.667 bits per heavy atom. The summed E-state index contributed by atoms with van der Waals surface area (Å²) in [6.45, 7) is 6.10. The van der Waals surface area contributed by atoms with Crippen LogP contribution >= 0.6 is 0 Å². The fraction of sp³-hybridized carbons (Fsp3) is 1.00. The molecule has 1 aliphatic heterocycles. The normalized spacial score (nSPS) is 19.2. The van der Waals surface area contributed by atoms with Crippen molar-refractivity contribution in [3.05, 3.63) is 0 Å². The second-order valence-electron chi connectivity index (χ2n) is 8.22. The summed E-state index contributed by atoms with van der Waals surface area (Å²) in [7, 11) is 0.0636. The molecule has 0 saturated carbocycles. The van der Waals surface area contributed by atoms with E-state index in [1.165, 1.54) is 116 Å². The van der Waals surface area contributed by atoms with Crippen molar-refractivity contribution in [3.63, 3.8) is 0 Å². The van der Waals surface area contributed by atoms with Gasteiger partial charge in [0.1, 0.15) is 0 Å². The zero-order chi connectivity index (χ0) is 17.3. The van der Waals surface area contributed by atoms with E-state index in [1.54, 1.807) is 6.04 Å². The summed E-state index contributed by atoms with van der Waals surface area (Å²) in [5, 5.41) is 0. The molecule has 0 bridgehead atoms. The maximum atomic E-state index is 3.02. The number of unbranched alkanes of at least 4 members (excludes halogenated alkanes) is 9. The quantitative estimate of drug-likeness (QED) is 0.244. The van der Waals surface area contributed by atoms with Crippen molar-refractivity contribution in [1.29, 1.82) is 0 Å². The van der Waals surface area contributed by atoms with Crippen molar-refractivity contribution in [2.75, 3.05) is 6.54 Å². The molecule has 1 fully saturated rings. The van der Waals surface area contributed by atoms with Gasteiger partial charge < -0.3 is 4.57 Å². The fourth-order valence-corrected chi connectivity index (χ4v) is 6.45. The minimum Gasteiger partial charge on any atom is -0.326 e. The van der Waals surface area contributed by atoms with E-state index in [1.807, 2.05) is 0 Å². The van der Waals surface area contributed by atoms with Gasteiger partial charge in [0.05, 0.1) is 9.68 Å². The van der Waals surface area contributed by atoms with Crippen molar-refractivity contribution in [1.82, 2.24) is 4.57 Å². The van der Waals surface area contributed by atoms with Crippen LogP contribution in [-0.2, 0) is 0 Å². The predicted octanol–water partition coefficient (Wildman–Crippen LogP) is 6.84. The summed E-state index contributed by atoms with van der Waals surface area (Å²) in [5.74, 6) is 0. The van der Waals surface area contributed by atoms with Gasteiger partial charge in [0.2, 0.25) is 0 Å². The molecule has 1 aliphatic rings. The van der Waals surface area contributed by atoms with E-state index in [-0.39, 0.29) is 9.68 Å². The molecule has 0 N–H and O–H groups in total. The minimum atomic E-state index is 0.0636. The molecule has 2 heteroatoms. The highest BCUT2D eigenvalue weighted by molar-refractivity contribution is 6.32. The van der Waals surface area contributed by atoms with E-state index in [2.05, 4.69) is 18.4 Å². The molecule has 1 rings (SSSR count). The van der Waals surface area contributed by atoms with Crippen LogP contribution in [0.5, 0.6) is 0 Å². The topological polar surface area (TPSA) is 3.24 Å². The van der Waals surface area contributed by atoms with Gasteiger partial charge >= 0.3 is 0 Å². The van der Waals surface area contributed by atoms with Crippen molar-refractivity contribution >= 4 is 9.68 Å². The SMILES string of the molecule is CCCCCCCCCCC(CCCCC)N1CCCCCC[SiH2]1. The predicted molar refractivity (Wildman–Crippen MR) is 114 cm³/mol. The van der Waals surface area contributed by atoms with E-state index >= 15 is 0 Å². The van der Waals surface area contributed by atoms with Crippen LogP contribution in [0.1, 0.15) is 123 Å². The molecule has 0 aliphatic carbocycles. The van der Waals surface area contributed by atoms with Gasteiger partial charge in [-0.25, -0.2) is 0 Å². The van der Waals surface area contributed by atoms with Gasteiger partial charge in [-0.15, -0.1) is 0 Å². The zero-order valence-corrected chi connectivity index (χ0v) is 18.6. The van der Waals surface area contributed by atoms with Gasteiger partial charge in [-0.2, -0.15) is 0 Å². The zero-order valence-electron chi connectivity index (χ0n) is 17.2. The average Bonchev–Trinajstić information content (AvgIpc) is 2.56. The molecule has 0 amide bonds. The Labute approximate surface area is 156 Å². The molecule has 1 nitrogen and oxygen atoms in total. The molecule has 24 heavy (non-hydrogen) atoms. The summed E-state index contributed by atoms with van der Waals surface area (Å²) >= 11 is 0. The highest BCUT2D eigenvalue weighted by atomic mass is 28.2. The first-order valence-corrected chi connectivity index (χ1v) is 13.3. The molecular weight excluding hydrogens is 306 g/mol. The number of rotatable bonds is 14. The lowest BCUT2D eigenvalue weighted by Gasteiger charge is -2.33. The first-order valence-electron chi connectivity index (χ1n) is 11.6. The molecule has 0 spiro atoms. The summed E-state index contributed by atoms with van der Waals surface area (Å²) in [4.78, 5) is 0. The maximum absolute atomic E-state index is 3.02. The van der Waals surface area contributed by atoms with Crippen LogP contribution in [-0.4, -0.2) is 26.8 Å². The van der Waals surface area contributed by atoms with Gasteiger partial charge in [-0.05, 0) is 31.9 Å². The highest BCUT2D eigenvalue weighted by Gasteiger charge is 2.18. The largest absolute Gasteiger partial charge is 0.326 e. The van der Waals surface area contributed by atoms with Crippen molar-refractivity contribution in [3.8, 4) is 0 Å². The molecule has 1 saturated heterocycles. The van der Waals surface area contributed by atoms with Crippen LogP contribution in [0.15, 0.2) is 0 Å². The van der Waals surface area contributed by atoms with E-state index in [0.29, 0.717) is 0 Å². The third kappa shape index (κ3) is 11.7. The van der Waals surface area contributed by atoms with Crippen molar-refractivity contribution < 1.29 is 0 Å². The third-order valence-corrected chi connectivity index (χ3v) is 8.16. The Kier molecular flexibility index (Phi) is 15.4. The molecule has 1 unspecified atom stereocenters. The lowest BCUT2D eigenvalue weighted by Crippen LogP contribution is -2.39. The standard InChI is InChI=1S/C22H47NSi/c1-3-5-7-8-9-10-11-15-19-22(18-14-6-4-2)23-20-16-12-13-17-21-24-23/h22H,3-21,24H2,1-2H3. The molecule has 1 heterocycles. The number of hydrogen-bond donors (Lipinski definition) is 0. The van der Waals surface area contributed by atoms with Gasteiger partial charge in [-0.1, -0.05) is 104 Å². The Morgan fingerprint density at radius 3 is 1.92 bits per heavy atom. The highest BCUT2D eigenvalue weighted by Crippen LogP contribution is 2.21. The number of nitrogens with zero attached hydrogens (tertiary/aromatic N) is 1. The van der Waals surface area contributed by atoms with E-state index < -0.39 is 0 Å². The number of hydrogen-bond acceptors (Lipinski definition) is 1. The van der Waals surface area contributed by atoms with E-state index in [0.717, 1.165) is 6.04 Å². The summed E-state index contributed by atoms with van der Waals surface area (Å²) in [6.07, 6.45) is 25.0. The molecule has 1 atom stereocenters. The van der Waals surface area contributed by atoms with E-state index in [9.17, 15) is 0 Å². The Bertz CT molecular complexity index is 248. The van der Waals surface area contributed by atoms with Gasteiger partial charge in [0, 0.05) is 6.04 Å². The second kappa shape index (κ2) is 16.6. The van der Waals surface area contributed by atoms with Gasteiger partial charge in [0.15, 0.2) is 0 Å². The monoisotopic (exact) mass is 353 g/mol. The first kappa shape index (κ1) is 22.2. The van der Waals surface area contributed by atoms with Gasteiger partial charge in [0.25, 0.3) is 0 Å². The fourth-order valence-electron chi connectivity index (χ4n) is 4.29. The summed E-state index contributed by atoms with van der Waals surface area (Å²) in [6, 6.07) is 2.54. The maximum Gasteiger partial charge on any atom is 0.0953 e. The molecule has 0 aromatic rings. The van der Waals surface area contributed by atoms with Crippen LogP contribution in [0.4, 0.5) is 0 Å². The summed E-state index contributed by atoms with van der Waals surface area (Å²) in [5.41, 5.74) is 0. The van der Waals surface area contributed by atoms with Gasteiger partial charge in [-0.3, -0.25) is 0 Å². The lowest BCUT2D eigenvalue weighted by atomic mass is 10.00. The molecule has 0 radical (unpaired) electrons. The molecular formula is C22H47NSi. The minimum absolute atomic E-state index is 0.0636. The first-order chi connectivity index (χ1) is 11.9. The van der Waals surface area contributed by atoms with Crippen LogP contribution in [0.3, 0.4) is 0 Å². The Hall–Kier alpha value is 0.177. The summed E-state index contributed by atoms with van der Waals surface area (Å²) < 4.78 is 3.02. The van der Waals surface area contributed by atoms with Crippen LogP contribution in [0.25, 0.3) is 0 Å². The van der Waals surface area contributed by atoms with Crippen LogP contribution in [0, 0.1) is 0 Å². The lowest BCUT2D eigenvalue weighted by molar-refractivity contribution is 0.272. The van der Waals surface area contributed by atoms with E-state index in [4.69, 9.17) is 0 Å². The Balaban J connectivity index is 2.22. The van der Waals surface area contributed by atoms with Crippen LogP contribution in [0.2, 0.25) is 6.04 Å². The molecule has 144 valence electrons. The molecule has 0 aromatic heterocycles. The second-order valence-corrected chi connectivity index (χ2v) is 10.2. The molecule has 0 aromatic carbocycles. The van der Waals surface area contributed by atoms with Crippen molar-refractivity contribution in [2.45, 2.75) is 135 Å². The van der Waals surface area contributed by atoms with Crippen molar-refractivity contribution in [2.24, 2.45) is 0 Å².